The minimum Gasteiger partial charge on any atom is -0.497 e. The first-order valence-electron chi connectivity index (χ1n) is 9.17. The molecule has 0 bridgehead atoms. The molecule has 1 aromatic heterocycles. The van der Waals surface area contributed by atoms with Crippen molar-refractivity contribution >= 4 is 34.5 Å². The van der Waals surface area contributed by atoms with Crippen molar-refractivity contribution in [3.63, 3.8) is 0 Å². The van der Waals surface area contributed by atoms with E-state index in [1.807, 2.05) is 24.3 Å². The third-order valence-corrected chi connectivity index (χ3v) is 4.62. The molecule has 0 saturated carbocycles. The Morgan fingerprint density at radius 3 is 2.40 bits per heavy atom. The van der Waals surface area contributed by atoms with E-state index in [4.69, 9.17) is 21.1 Å². The fourth-order valence-corrected chi connectivity index (χ4v) is 2.97. The lowest BCUT2D eigenvalue weighted by Gasteiger charge is -2.06. The summed E-state index contributed by atoms with van der Waals surface area (Å²) in [6.07, 6.45) is 4.84. The molecule has 30 heavy (non-hydrogen) atoms. The minimum atomic E-state index is -0.0975. The van der Waals surface area contributed by atoms with Gasteiger partial charge in [0, 0.05) is 10.6 Å². The predicted molar refractivity (Wildman–Crippen MR) is 117 cm³/mol. The average Bonchev–Trinajstić information content (AvgIpc) is 2.78. The van der Waals surface area contributed by atoms with E-state index in [9.17, 15) is 4.79 Å². The van der Waals surface area contributed by atoms with Crippen LogP contribution in [0.3, 0.4) is 0 Å². The van der Waals surface area contributed by atoms with Gasteiger partial charge >= 0.3 is 0 Å². The molecular formula is C24H17ClN2O3. The van der Waals surface area contributed by atoms with Gasteiger partial charge in [-0.25, -0.2) is 9.97 Å². The second-order valence-electron chi connectivity index (χ2n) is 6.44. The van der Waals surface area contributed by atoms with E-state index in [0.29, 0.717) is 33.2 Å². The largest absolute Gasteiger partial charge is 0.497 e. The Bertz CT molecular complexity index is 1220. The lowest BCUT2D eigenvalue weighted by atomic mass is 10.1. The molecule has 0 saturated heterocycles. The van der Waals surface area contributed by atoms with Crippen molar-refractivity contribution in [3.8, 4) is 17.4 Å². The summed E-state index contributed by atoms with van der Waals surface area (Å²) in [7, 11) is 1.62. The molecule has 0 aliphatic rings. The molecule has 0 N–H and O–H groups in total. The van der Waals surface area contributed by atoms with E-state index >= 15 is 0 Å². The first-order valence-corrected chi connectivity index (χ1v) is 9.55. The van der Waals surface area contributed by atoms with Crippen LogP contribution in [0.15, 0.2) is 79.0 Å². The highest BCUT2D eigenvalue weighted by molar-refractivity contribution is 6.31. The maximum absolute atomic E-state index is 12.4. The lowest BCUT2D eigenvalue weighted by molar-refractivity contribution is 0.104. The van der Waals surface area contributed by atoms with Gasteiger partial charge in [0.1, 0.15) is 11.5 Å². The molecule has 0 atom stereocenters. The van der Waals surface area contributed by atoms with E-state index in [0.717, 1.165) is 11.3 Å². The highest BCUT2D eigenvalue weighted by Gasteiger charge is 2.06. The molecule has 0 spiro atoms. The molecule has 0 unspecified atom stereocenters. The normalized spacial score (nSPS) is 11.0. The number of hydrogen-bond acceptors (Lipinski definition) is 5. The summed E-state index contributed by atoms with van der Waals surface area (Å²) in [4.78, 5) is 21.1. The van der Waals surface area contributed by atoms with Gasteiger partial charge in [0.15, 0.2) is 5.78 Å². The fourth-order valence-electron chi connectivity index (χ4n) is 2.81. The number of halogens is 1. The van der Waals surface area contributed by atoms with Crippen molar-refractivity contribution in [2.75, 3.05) is 7.11 Å². The molecule has 0 amide bonds. The highest BCUT2D eigenvalue weighted by Crippen LogP contribution is 2.23. The topological polar surface area (TPSA) is 61.3 Å². The van der Waals surface area contributed by atoms with Crippen molar-refractivity contribution < 1.29 is 14.3 Å². The average molecular weight is 417 g/mol. The number of ether oxygens (including phenoxy) is 2. The van der Waals surface area contributed by atoms with Crippen LogP contribution >= 0.6 is 11.6 Å². The zero-order chi connectivity index (χ0) is 20.9. The molecule has 4 rings (SSSR count). The van der Waals surface area contributed by atoms with E-state index in [1.54, 1.807) is 55.7 Å². The monoisotopic (exact) mass is 416 g/mol. The first kappa shape index (κ1) is 19.6. The Morgan fingerprint density at radius 1 is 0.933 bits per heavy atom. The van der Waals surface area contributed by atoms with Crippen LogP contribution in [0.25, 0.3) is 17.1 Å². The van der Waals surface area contributed by atoms with Gasteiger partial charge in [0.05, 0.1) is 24.3 Å². The van der Waals surface area contributed by atoms with Crippen LogP contribution in [0.2, 0.25) is 5.02 Å². The van der Waals surface area contributed by atoms with Crippen LogP contribution in [-0.4, -0.2) is 22.9 Å². The van der Waals surface area contributed by atoms with Crippen LogP contribution in [0, 0.1) is 0 Å². The number of aromatic nitrogens is 2. The number of methoxy groups -OCH3 is 1. The molecule has 3 aromatic carbocycles. The van der Waals surface area contributed by atoms with Crippen LogP contribution in [-0.2, 0) is 0 Å². The predicted octanol–water partition coefficient (Wildman–Crippen LogP) is 5.98. The molecule has 5 nitrogen and oxygen atoms in total. The number of nitrogens with zero attached hydrogens (tertiary/aromatic N) is 2. The van der Waals surface area contributed by atoms with E-state index in [2.05, 4.69) is 9.97 Å². The van der Waals surface area contributed by atoms with Gasteiger partial charge in [0.25, 0.3) is 0 Å². The number of allylic oxidation sites excluding steroid dienone is 1. The van der Waals surface area contributed by atoms with Gasteiger partial charge in [-0.15, -0.1) is 0 Å². The number of ketones is 1. The van der Waals surface area contributed by atoms with Crippen LogP contribution in [0.4, 0.5) is 0 Å². The summed E-state index contributed by atoms with van der Waals surface area (Å²) < 4.78 is 10.9. The number of benzene rings is 3. The van der Waals surface area contributed by atoms with Gasteiger partial charge in [-0.1, -0.05) is 29.8 Å². The Balaban J connectivity index is 1.43. The highest BCUT2D eigenvalue weighted by atomic mass is 35.5. The van der Waals surface area contributed by atoms with E-state index in [1.165, 1.54) is 12.3 Å². The van der Waals surface area contributed by atoms with Crippen molar-refractivity contribution in [2.45, 2.75) is 0 Å². The van der Waals surface area contributed by atoms with Crippen LogP contribution in [0.1, 0.15) is 15.9 Å². The Labute approximate surface area is 178 Å². The molecule has 0 aliphatic heterocycles. The third-order valence-electron chi connectivity index (χ3n) is 4.39. The molecule has 1 heterocycles. The second kappa shape index (κ2) is 8.76. The zero-order valence-corrected chi connectivity index (χ0v) is 16.8. The van der Waals surface area contributed by atoms with Gasteiger partial charge in [0.2, 0.25) is 5.88 Å². The SMILES string of the molecule is COc1ccc(/C=C/C(=O)c2ccc(Oc3cnc4cc(Cl)ccc4n3)cc2)cc1. The maximum Gasteiger partial charge on any atom is 0.238 e. The smallest absolute Gasteiger partial charge is 0.238 e. The molecular weight excluding hydrogens is 400 g/mol. The number of fused-ring (bicyclic) bond motifs is 1. The summed E-state index contributed by atoms with van der Waals surface area (Å²) in [5.41, 5.74) is 2.86. The molecule has 0 aliphatic carbocycles. The van der Waals surface area contributed by atoms with Crippen LogP contribution < -0.4 is 9.47 Å². The lowest BCUT2D eigenvalue weighted by Crippen LogP contribution is -1.95. The zero-order valence-electron chi connectivity index (χ0n) is 16.1. The molecule has 148 valence electrons. The van der Waals surface area contributed by atoms with E-state index < -0.39 is 0 Å². The quantitative estimate of drug-likeness (QED) is 0.286. The standard InChI is InChI=1S/C24H17ClN2O3/c1-29-19-8-2-16(3-9-19)4-13-23(28)17-5-10-20(11-6-17)30-24-15-26-22-14-18(25)7-12-21(22)27-24/h2-15H,1H3/b13-4+. The van der Waals surface area contributed by atoms with Gasteiger partial charge in [-0.2, -0.15) is 0 Å². The Hall–Kier alpha value is -3.70. The second-order valence-corrected chi connectivity index (χ2v) is 6.87. The number of hydrogen-bond donors (Lipinski definition) is 0. The summed E-state index contributed by atoms with van der Waals surface area (Å²) >= 11 is 5.96. The van der Waals surface area contributed by atoms with Crippen molar-refractivity contribution in [3.05, 3.63) is 95.2 Å². The molecule has 4 aromatic rings. The van der Waals surface area contributed by atoms with Gasteiger partial charge in [-0.05, 0) is 66.2 Å². The van der Waals surface area contributed by atoms with Crippen molar-refractivity contribution in [1.29, 1.82) is 0 Å². The van der Waals surface area contributed by atoms with Gasteiger partial charge < -0.3 is 9.47 Å². The van der Waals surface area contributed by atoms with Crippen molar-refractivity contribution in [1.82, 2.24) is 9.97 Å². The van der Waals surface area contributed by atoms with E-state index in [-0.39, 0.29) is 5.78 Å². The summed E-state index contributed by atoms with van der Waals surface area (Å²) in [6.45, 7) is 0. The first-order chi connectivity index (χ1) is 14.6. The fraction of sp³-hybridized carbons (Fsp3) is 0.0417. The molecule has 0 fully saturated rings. The van der Waals surface area contributed by atoms with Crippen LogP contribution in [0.5, 0.6) is 17.4 Å². The minimum absolute atomic E-state index is 0.0975. The van der Waals surface area contributed by atoms with Gasteiger partial charge in [-0.3, -0.25) is 4.79 Å². The Morgan fingerprint density at radius 2 is 1.67 bits per heavy atom. The molecule has 6 heteroatoms. The maximum atomic E-state index is 12.4. The number of rotatable bonds is 6. The number of carbonyl (C=O) groups excluding carboxylic acids is 1. The third kappa shape index (κ3) is 4.64. The summed E-state index contributed by atoms with van der Waals surface area (Å²) in [5.74, 6) is 1.60. The van der Waals surface area contributed by atoms with Crippen molar-refractivity contribution in [2.24, 2.45) is 0 Å². The number of carbonyl (C=O) groups is 1. The summed E-state index contributed by atoms with van der Waals surface area (Å²) in [5, 5.41) is 0.603. The Kier molecular flexibility index (Phi) is 5.72. The summed E-state index contributed by atoms with van der Waals surface area (Å²) in [6, 6.07) is 19.6. The molecule has 0 radical (unpaired) electrons.